The molecule has 0 bridgehead atoms. The highest BCUT2D eigenvalue weighted by atomic mass is 79.9. The lowest BCUT2D eigenvalue weighted by molar-refractivity contribution is 1.01. The monoisotopic (exact) mass is 345 g/mol. The van der Waals surface area contributed by atoms with Gasteiger partial charge in [-0.3, -0.25) is 4.98 Å². The van der Waals surface area contributed by atoms with Crippen molar-refractivity contribution in [3.8, 4) is 0 Å². The molecule has 0 aliphatic heterocycles. The molecule has 3 rings (SSSR count). The van der Waals surface area contributed by atoms with E-state index in [4.69, 9.17) is 5.73 Å². The third-order valence-corrected chi connectivity index (χ3v) is 5.05. The Labute approximate surface area is 129 Å². The second kappa shape index (κ2) is 5.91. The van der Waals surface area contributed by atoms with Crippen molar-refractivity contribution in [2.24, 2.45) is 5.73 Å². The molecule has 3 nitrogen and oxygen atoms in total. The number of benzene rings is 1. The van der Waals surface area contributed by atoms with Gasteiger partial charge in [0, 0.05) is 29.2 Å². The average molecular weight is 346 g/mol. The topological polar surface area (TPSA) is 51.8 Å². The van der Waals surface area contributed by atoms with Crippen molar-refractivity contribution >= 4 is 38.6 Å². The minimum absolute atomic E-state index is 0.463. The lowest BCUT2D eigenvalue weighted by Gasteiger charge is -2.11. The Bertz CT molecular complexity index is 761. The Morgan fingerprint density at radius 2 is 1.95 bits per heavy atom. The van der Waals surface area contributed by atoms with E-state index in [0.717, 1.165) is 30.9 Å². The number of hydrogen-bond acceptors (Lipinski definition) is 4. The largest absolute Gasteiger partial charge is 0.326 e. The van der Waals surface area contributed by atoms with Crippen LogP contribution in [0.5, 0.6) is 0 Å². The molecule has 0 fully saturated rings. The van der Waals surface area contributed by atoms with Gasteiger partial charge in [0.15, 0.2) is 0 Å². The van der Waals surface area contributed by atoms with Crippen LogP contribution in [-0.4, -0.2) is 9.97 Å². The highest BCUT2D eigenvalue weighted by molar-refractivity contribution is 9.10. The van der Waals surface area contributed by atoms with Crippen molar-refractivity contribution in [1.82, 2.24) is 9.97 Å². The summed E-state index contributed by atoms with van der Waals surface area (Å²) >= 11 is 5.15. The van der Waals surface area contributed by atoms with Crippen LogP contribution in [-0.2, 0) is 6.54 Å². The number of halogens is 1. The predicted molar refractivity (Wildman–Crippen MR) is 85.7 cm³/mol. The fourth-order valence-corrected chi connectivity index (χ4v) is 3.49. The van der Waals surface area contributed by atoms with E-state index in [1.54, 1.807) is 18.0 Å². The normalized spacial score (nSPS) is 10.9. The first-order valence-electron chi connectivity index (χ1n) is 6.14. The Morgan fingerprint density at radius 3 is 2.75 bits per heavy atom. The van der Waals surface area contributed by atoms with Crippen LogP contribution in [0.15, 0.2) is 63.2 Å². The van der Waals surface area contributed by atoms with Crippen LogP contribution in [0.25, 0.3) is 10.9 Å². The summed E-state index contributed by atoms with van der Waals surface area (Å²) in [5.74, 6) is 0. The highest BCUT2D eigenvalue weighted by Crippen LogP contribution is 2.37. The van der Waals surface area contributed by atoms with Gasteiger partial charge in [-0.1, -0.05) is 30.0 Å². The van der Waals surface area contributed by atoms with Crippen molar-refractivity contribution in [3.05, 3.63) is 58.8 Å². The summed E-state index contributed by atoms with van der Waals surface area (Å²) < 4.78 is 0.980. The van der Waals surface area contributed by atoms with Gasteiger partial charge in [-0.2, -0.15) is 0 Å². The summed E-state index contributed by atoms with van der Waals surface area (Å²) in [5.41, 5.74) is 7.85. The van der Waals surface area contributed by atoms with E-state index in [2.05, 4.69) is 32.0 Å². The first-order valence-corrected chi connectivity index (χ1v) is 7.75. The Morgan fingerprint density at radius 1 is 1.10 bits per heavy atom. The first kappa shape index (κ1) is 13.5. The van der Waals surface area contributed by atoms with E-state index in [1.807, 2.05) is 36.5 Å². The fourth-order valence-electron chi connectivity index (χ4n) is 1.97. The lowest BCUT2D eigenvalue weighted by atomic mass is 10.1. The van der Waals surface area contributed by atoms with Gasteiger partial charge >= 0.3 is 0 Å². The maximum atomic E-state index is 5.85. The fraction of sp³-hybridized carbons (Fsp3) is 0.0667. The molecule has 2 aromatic heterocycles. The first-order chi connectivity index (χ1) is 9.79. The highest BCUT2D eigenvalue weighted by Gasteiger charge is 2.11. The molecule has 100 valence electrons. The van der Waals surface area contributed by atoms with E-state index in [-0.39, 0.29) is 0 Å². The predicted octanol–water partition coefficient (Wildman–Crippen LogP) is 4.00. The molecule has 0 radical (unpaired) electrons. The van der Waals surface area contributed by atoms with E-state index < -0.39 is 0 Å². The third-order valence-electron chi connectivity index (χ3n) is 2.94. The van der Waals surface area contributed by atoms with Gasteiger partial charge in [-0.05, 0) is 39.7 Å². The molecule has 0 spiro atoms. The molecule has 0 saturated heterocycles. The molecule has 20 heavy (non-hydrogen) atoms. The van der Waals surface area contributed by atoms with Gasteiger partial charge in [-0.25, -0.2) is 4.98 Å². The molecule has 0 aliphatic carbocycles. The van der Waals surface area contributed by atoms with Gasteiger partial charge in [-0.15, -0.1) is 0 Å². The van der Waals surface area contributed by atoms with Crippen molar-refractivity contribution in [1.29, 1.82) is 0 Å². The van der Waals surface area contributed by atoms with Crippen LogP contribution in [0.3, 0.4) is 0 Å². The molecular weight excluding hydrogens is 334 g/mol. The molecule has 3 aromatic rings. The zero-order chi connectivity index (χ0) is 13.9. The number of para-hydroxylation sites is 1. The van der Waals surface area contributed by atoms with Crippen molar-refractivity contribution < 1.29 is 0 Å². The molecule has 0 aliphatic rings. The van der Waals surface area contributed by atoms with Crippen LogP contribution in [0.1, 0.15) is 5.56 Å². The second-order valence-electron chi connectivity index (χ2n) is 4.23. The lowest BCUT2D eigenvalue weighted by Crippen LogP contribution is -2.00. The summed E-state index contributed by atoms with van der Waals surface area (Å²) in [5, 5.41) is 2.04. The van der Waals surface area contributed by atoms with Crippen molar-refractivity contribution in [3.63, 3.8) is 0 Å². The van der Waals surface area contributed by atoms with Gasteiger partial charge < -0.3 is 5.73 Å². The number of fused-ring (bicyclic) bond motifs is 1. The van der Waals surface area contributed by atoms with E-state index in [1.165, 1.54) is 0 Å². The maximum absolute atomic E-state index is 5.85. The van der Waals surface area contributed by atoms with Crippen LogP contribution >= 0.6 is 27.7 Å². The molecular formula is C15H12BrN3S. The summed E-state index contributed by atoms with van der Waals surface area (Å²) in [6.45, 7) is 0.463. The Kier molecular flexibility index (Phi) is 4.00. The molecule has 2 heterocycles. The molecule has 0 saturated carbocycles. The van der Waals surface area contributed by atoms with Gasteiger partial charge in [0.1, 0.15) is 5.03 Å². The molecule has 0 amide bonds. The minimum atomic E-state index is 0.463. The zero-order valence-corrected chi connectivity index (χ0v) is 13.0. The number of nitrogens with zero attached hydrogens (tertiary/aromatic N) is 2. The number of nitrogens with two attached hydrogens (primary N) is 1. The summed E-state index contributed by atoms with van der Waals surface area (Å²) in [4.78, 5) is 9.98. The standard InChI is InChI=1S/C15H12BrN3S/c16-12-5-3-7-18-15(12)20-14-10(8-17)9-19-13-6-2-1-4-11(13)14/h1-7,9H,8,17H2. The minimum Gasteiger partial charge on any atom is -0.326 e. The number of aromatic nitrogens is 2. The van der Waals surface area contributed by atoms with Gasteiger partial charge in [0.25, 0.3) is 0 Å². The van der Waals surface area contributed by atoms with Crippen molar-refractivity contribution in [2.45, 2.75) is 16.5 Å². The van der Waals surface area contributed by atoms with Crippen LogP contribution in [0.2, 0.25) is 0 Å². The molecule has 5 heteroatoms. The quantitative estimate of drug-likeness (QED) is 0.779. The van der Waals surface area contributed by atoms with Crippen LogP contribution in [0.4, 0.5) is 0 Å². The van der Waals surface area contributed by atoms with E-state index in [0.29, 0.717) is 6.54 Å². The third kappa shape index (κ3) is 2.57. The van der Waals surface area contributed by atoms with Crippen LogP contribution < -0.4 is 5.73 Å². The summed E-state index contributed by atoms with van der Waals surface area (Å²) in [6.07, 6.45) is 3.64. The maximum Gasteiger partial charge on any atom is 0.115 e. The second-order valence-corrected chi connectivity index (χ2v) is 6.08. The summed E-state index contributed by atoms with van der Waals surface area (Å²) in [6, 6.07) is 12.0. The van der Waals surface area contributed by atoms with Gasteiger partial charge in [0.05, 0.1) is 9.99 Å². The van der Waals surface area contributed by atoms with Gasteiger partial charge in [0.2, 0.25) is 0 Å². The van der Waals surface area contributed by atoms with Crippen LogP contribution in [0, 0.1) is 0 Å². The molecule has 0 unspecified atom stereocenters. The Balaban J connectivity index is 2.16. The summed E-state index contributed by atoms with van der Waals surface area (Å²) in [7, 11) is 0. The number of rotatable bonds is 3. The van der Waals surface area contributed by atoms with E-state index >= 15 is 0 Å². The smallest absolute Gasteiger partial charge is 0.115 e. The van der Waals surface area contributed by atoms with E-state index in [9.17, 15) is 0 Å². The Hall–Kier alpha value is -1.43. The molecule has 1 aromatic carbocycles. The number of pyridine rings is 2. The zero-order valence-electron chi connectivity index (χ0n) is 10.6. The average Bonchev–Trinajstić information content (AvgIpc) is 2.50. The molecule has 2 N–H and O–H groups in total. The SMILES string of the molecule is NCc1cnc2ccccc2c1Sc1ncccc1Br. The number of hydrogen-bond donors (Lipinski definition) is 1. The molecule has 0 atom stereocenters. The van der Waals surface area contributed by atoms with Crippen molar-refractivity contribution in [2.75, 3.05) is 0 Å².